The fourth-order valence-electron chi connectivity index (χ4n) is 3.75. The van der Waals surface area contributed by atoms with Gasteiger partial charge >= 0.3 is 0 Å². The summed E-state index contributed by atoms with van der Waals surface area (Å²) in [5.41, 5.74) is 1.39. The van der Waals surface area contributed by atoms with Crippen LogP contribution in [0.5, 0.6) is 11.5 Å². The molecule has 0 aliphatic carbocycles. The van der Waals surface area contributed by atoms with E-state index in [0.29, 0.717) is 49.2 Å². The van der Waals surface area contributed by atoms with Crippen LogP contribution < -0.4 is 20.1 Å². The molecule has 32 heavy (non-hydrogen) atoms. The van der Waals surface area contributed by atoms with Gasteiger partial charge in [-0.25, -0.2) is 9.38 Å². The van der Waals surface area contributed by atoms with Crippen molar-refractivity contribution >= 4 is 17.6 Å². The third-order valence-electron chi connectivity index (χ3n) is 5.49. The van der Waals surface area contributed by atoms with Gasteiger partial charge in [0.05, 0.1) is 13.2 Å². The molecule has 2 heterocycles. The summed E-state index contributed by atoms with van der Waals surface area (Å²) in [5.74, 6) is 1.63. The zero-order valence-corrected chi connectivity index (χ0v) is 18.1. The minimum atomic E-state index is -0.229. The number of aliphatic imine (C=N–C) groups is 1. The van der Waals surface area contributed by atoms with Crippen molar-refractivity contribution in [2.45, 2.75) is 25.7 Å². The van der Waals surface area contributed by atoms with Crippen LogP contribution in [-0.2, 0) is 11.2 Å². The van der Waals surface area contributed by atoms with Crippen LogP contribution >= 0.6 is 0 Å². The number of anilines is 1. The van der Waals surface area contributed by atoms with Crippen molar-refractivity contribution in [2.24, 2.45) is 4.99 Å². The van der Waals surface area contributed by atoms with Crippen LogP contribution in [0.25, 0.3) is 0 Å². The third kappa shape index (κ3) is 5.90. The molecule has 1 fully saturated rings. The second-order valence-corrected chi connectivity index (χ2v) is 7.86. The Morgan fingerprint density at radius 3 is 2.62 bits per heavy atom. The number of amides is 1. The number of nitrogens with zero attached hydrogens (tertiary/aromatic N) is 2. The maximum Gasteiger partial charge on any atom is 0.244 e. The molecule has 2 N–H and O–H groups in total. The lowest BCUT2D eigenvalue weighted by Gasteiger charge is -2.16. The number of carbonyl (C=O) groups is 1. The zero-order valence-electron chi connectivity index (χ0n) is 18.1. The minimum Gasteiger partial charge on any atom is -0.490 e. The third-order valence-corrected chi connectivity index (χ3v) is 5.49. The normalized spacial score (nSPS) is 15.9. The molecule has 2 aromatic rings. The van der Waals surface area contributed by atoms with E-state index in [9.17, 15) is 9.18 Å². The highest BCUT2D eigenvalue weighted by atomic mass is 19.1. The molecule has 4 rings (SSSR count). The molecule has 1 saturated heterocycles. The summed E-state index contributed by atoms with van der Waals surface area (Å²) < 4.78 is 25.4. The number of guanidine groups is 1. The van der Waals surface area contributed by atoms with Gasteiger partial charge in [-0.3, -0.25) is 4.79 Å². The number of fused-ring (bicyclic) bond motifs is 1. The van der Waals surface area contributed by atoms with Crippen molar-refractivity contribution in [3.8, 4) is 11.5 Å². The molecule has 0 unspecified atom stereocenters. The van der Waals surface area contributed by atoms with E-state index in [0.717, 1.165) is 38.0 Å². The minimum absolute atomic E-state index is 0.0105. The lowest BCUT2D eigenvalue weighted by molar-refractivity contribution is -0.128. The van der Waals surface area contributed by atoms with E-state index in [1.807, 2.05) is 29.2 Å². The Bertz CT molecular complexity index is 960. The largest absolute Gasteiger partial charge is 0.490 e. The van der Waals surface area contributed by atoms with Crippen LogP contribution in [0.1, 0.15) is 24.8 Å². The molecule has 0 bridgehead atoms. The Hall–Kier alpha value is -3.29. The maximum absolute atomic E-state index is 13.9. The van der Waals surface area contributed by atoms with Crippen molar-refractivity contribution in [1.82, 2.24) is 10.2 Å². The number of likely N-dealkylation sites (tertiary alicyclic amines) is 1. The van der Waals surface area contributed by atoms with Crippen LogP contribution in [0, 0.1) is 5.82 Å². The molecule has 0 aromatic heterocycles. The van der Waals surface area contributed by atoms with Crippen LogP contribution in [0.2, 0.25) is 0 Å². The molecule has 2 aliphatic rings. The first-order valence-corrected chi connectivity index (χ1v) is 11.2. The smallest absolute Gasteiger partial charge is 0.244 e. The van der Waals surface area contributed by atoms with Gasteiger partial charge in [0.2, 0.25) is 5.91 Å². The molecule has 0 atom stereocenters. The number of rotatable bonds is 6. The Kier molecular flexibility index (Phi) is 7.42. The van der Waals surface area contributed by atoms with Crippen LogP contribution in [0.4, 0.5) is 10.1 Å². The number of halogens is 1. The number of hydrogen-bond acceptors (Lipinski definition) is 4. The predicted octanol–water partition coefficient (Wildman–Crippen LogP) is 3.21. The Balaban J connectivity index is 1.43. The van der Waals surface area contributed by atoms with Gasteiger partial charge in [-0.05, 0) is 43.0 Å². The van der Waals surface area contributed by atoms with Crippen molar-refractivity contribution < 1.29 is 18.7 Å². The van der Waals surface area contributed by atoms with E-state index in [1.54, 1.807) is 12.1 Å². The van der Waals surface area contributed by atoms with E-state index in [1.165, 1.54) is 6.07 Å². The highest BCUT2D eigenvalue weighted by Gasteiger charge is 2.17. The second kappa shape index (κ2) is 10.8. The molecule has 1 amide bonds. The summed E-state index contributed by atoms with van der Waals surface area (Å²) in [6.07, 6.45) is 3.41. The number of benzene rings is 2. The Morgan fingerprint density at radius 2 is 1.81 bits per heavy atom. The fraction of sp³-hybridized carbons (Fsp3) is 0.417. The summed E-state index contributed by atoms with van der Waals surface area (Å²) in [6.45, 7) is 3.33. The van der Waals surface area contributed by atoms with E-state index in [-0.39, 0.29) is 18.3 Å². The van der Waals surface area contributed by atoms with Gasteiger partial charge < -0.3 is 25.0 Å². The van der Waals surface area contributed by atoms with Crippen molar-refractivity contribution in [1.29, 1.82) is 0 Å². The van der Waals surface area contributed by atoms with Crippen LogP contribution in [-0.4, -0.2) is 56.2 Å². The van der Waals surface area contributed by atoms with Crippen molar-refractivity contribution in [2.75, 3.05) is 44.7 Å². The molecule has 0 radical (unpaired) electrons. The van der Waals surface area contributed by atoms with Gasteiger partial charge in [-0.1, -0.05) is 18.2 Å². The monoisotopic (exact) mass is 440 g/mol. The summed E-state index contributed by atoms with van der Waals surface area (Å²) in [5, 5.41) is 6.45. The number of carbonyl (C=O) groups excluding carboxylic acids is 1. The molecule has 0 spiro atoms. The molecule has 2 aromatic carbocycles. The number of ether oxygens (including phenoxy) is 2. The Labute approximate surface area is 187 Å². The van der Waals surface area contributed by atoms with Gasteiger partial charge in [0.15, 0.2) is 17.5 Å². The highest BCUT2D eigenvalue weighted by molar-refractivity contribution is 5.95. The molecule has 170 valence electrons. The fourth-order valence-corrected chi connectivity index (χ4v) is 3.75. The van der Waals surface area contributed by atoms with Crippen LogP contribution in [0.3, 0.4) is 0 Å². The molecule has 0 saturated carbocycles. The predicted molar refractivity (Wildman–Crippen MR) is 122 cm³/mol. The summed E-state index contributed by atoms with van der Waals surface area (Å²) in [4.78, 5) is 18.8. The quantitative estimate of drug-likeness (QED) is 0.533. The standard InChI is InChI=1S/C24H29FN4O3/c25-20-7-2-1-6-18(20)10-11-26-24(27-17-23(30)29-12-3-4-13-29)28-19-8-9-21-22(16-19)32-15-5-14-31-21/h1-2,6-9,16H,3-5,10-15,17H2,(H2,26,27,28). The molecular weight excluding hydrogens is 411 g/mol. The first-order valence-electron chi connectivity index (χ1n) is 11.2. The SMILES string of the molecule is O=C(CN=C(NCCc1ccccc1F)Nc1ccc2c(c1)OCCCO2)N1CCCC1. The van der Waals surface area contributed by atoms with E-state index in [4.69, 9.17) is 9.47 Å². The average Bonchev–Trinajstić information content (AvgIpc) is 3.24. The van der Waals surface area contributed by atoms with Gasteiger partial charge in [0, 0.05) is 37.8 Å². The van der Waals surface area contributed by atoms with Gasteiger partial charge in [-0.2, -0.15) is 0 Å². The number of hydrogen-bond donors (Lipinski definition) is 2. The highest BCUT2D eigenvalue weighted by Crippen LogP contribution is 2.32. The molecular formula is C24H29FN4O3. The summed E-state index contributed by atoms with van der Waals surface area (Å²) >= 11 is 0. The van der Waals surface area contributed by atoms with Gasteiger partial charge in [0.1, 0.15) is 12.4 Å². The summed E-state index contributed by atoms with van der Waals surface area (Å²) in [6, 6.07) is 12.3. The topological polar surface area (TPSA) is 75.2 Å². The lowest BCUT2D eigenvalue weighted by Crippen LogP contribution is -2.35. The summed E-state index contributed by atoms with van der Waals surface area (Å²) in [7, 11) is 0. The average molecular weight is 441 g/mol. The molecule has 2 aliphatic heterocycles. The van der Waals surface area contributed by atoms with Gasteiger partial charge in [0.25, 0.3) is 0 Å². The van der Waals surface area contributed by atoms with Gasteiger partial charge in [-0.15, -0.1) is 0 Å². The zero-order chi connectivity index (χ0) is 22.2. The van der Waals surface area contributed by atoms with Crippen molar-refractivity contribution in [3.63, 3.8) is 0 Å². The Morgan fingerprint density at radius 1 is 1.03 bits per heavy atom. The maximum atomic E-state index is 13.9. The molecule has 7 nitrogen and oxygen atoms in total. The second-order valence-electron chi connectivity index (χ2n) is 7.86. The first-order chi connectivity index (χ1) is 15.7. The number of nitrogens with one attached hydrogen (secondary N) is 2. The first kappa shape index (κ1) is 21.9. The molecule has 8 heteroatoms. The van der Waals surface area contributed by atoms with E-state index in [2.05, 4.69) is 15.6 Å². The van der Waals surface area contributed by atoms with E-state index < -0.39 is 0 Å². The van der Waals surface area contributed by atoms with Crippen LogP contribution in [0.15, 0.2) is 47.5 Å². The van der Waals surface area contributed by atoms with E-state index >= 15 is 0 Å². The van der Waals surface area contributed by atoms with Crippen molar-refractivity contribution in [3.05, 3.63) is 53.8 Å². The lowest BCUT2D eigenvalue weighted by atomic mass is 10.1.